The topological polar surface area (TPSA) is 181 Å². The first-order valence-electron chi connectivity index (χ1n) is 23.9. The number of hydrogen-bond acceptors (Lipinski definition) is 12. The van der Waals surface area contributed by atoms with E-state index in [1.165, 1.54) is 11.0 Å². The van der Waals surface area contributed by atoms with Crippen molar-refractivity contribution in [3.8, 4) is 22.3 Å². The molecule has 20 heteroatoms. The highest BCUT2D eigenvalue weighted by molar-refractivity contribution is 7.81. The third-order valence-electron chi connectivity index (χ3n) is 13.4. The lowest BCUT2D eigenvalue weighted by molar-refractivity contribution is -0.144. The summed E-state index contributed by atoms with van der Waals surface area (Å²) in [7, 11) is 0. The van der Waals surface area contributed by atoms with Crippen LogP contribution in [0.5, 0.6) is 5.75 Å². The molecule has 4 amide bonds. The van der Waals surface area contributed by atoms with Gasteiger partial charge in [-0.15, -0.1) is 11.3 Å². The minimum Gasteiger partial charge on any atom is -0.492 e. The number of thiazole rings is 1. The van der Waals surface area contributed by atoms with Crippen molar-refractivity contribution < 1.29 is 46.9 Å². The number of halogens is 3. The van der Waals surface area contributed by atoms with E-state index in [-0.39, 0.29) is 42.8 Å². The van der Waals surface area contributed by atoms with Crippen LogP contribution in [0, 0.1) is 29.6 Å². The van der Waals surface area contributed by atoms with Gasteiger partial charge in [0.15, 0.2) is 5.11 Å². The Morgan fingerprint density at radius 2 is 1.69 bits per heavy atom. The van der Waals surface area contributed by atoms with Crippen LogP contribution in [0.3, 0.4) is 0 Å². The quantitative estimate of drug-likeness (QED) is 0.0715. The molecule has 3 aliphatic heterocycles. The van der Waals surface area contributed by atoms with Crippen LogP contribution in [-0.2, 0) is 36.6 Å². The molecule has 72 heavy (non-hydrogen) atoms. The van der Waals surface area contributed by atoms with Crippen LogP contribution in [-0.4, -0.2) is 118 Å². The van der Waals surface area contributed by atoms with E-state index < -0.39 is 64.2 Å². The van der Waals surface area contributed by atoms with Crippen LogP contribution in [0.25, 0.3) is 10.4 Å². The summed E-state index contributed by atoms with van der Waals surface area (Å²) in [6.07, 6.45) is -2.93. The zero-order valence-electron chi connectivity index (χ0n) is 41.3. The van der Waals surface area contributed by atoms with Gasteiger partial charge in [0.05, 0.1) is 45.1 Å². The second-order valence-electron chi connectivity index (χ2n) is 20.1. The summed E-state index contributed by atoms with van der Waals surface area (Å²) in [5.41, 5.74) is 1.54. The number of carbonyl (C=O) groups excluding carboxylic acids is 4. The Kier molecular flexibility index (Phi) is 16.8. The number of β-amino-alcohol motifs (C(OH)–C–C–N with tert-alkyl or cyclic N) is 1. The smallest absolute Gasteiger partial charge is 0.417 e. The number of aliphatic hydroxyl groups excluding tert-OH is 1. The van der Waals surface area contributed by atoms with Crippen LogP contribution in [0.4, 0.5) is 24.5 Å². The number of thiocarbonyl (C=S) groups is 1. The van der Waals surface area contributed by atoms with Crippen molar-refractivity contribution in [2.24, 2.45) is 11.3 Å². The maximum absolute atomic E-state index is 14.0. The summed E-state index contributed by atoms with van der Waals surface area (Å²) in [5, 5.41) is 25.6. The van der Waals surface area contributed by atoms with Crippen LogP contribution in [0.15, 0.2) is 72.2 Å². The van der Waals surface area contributed by atoms with Gasteiger partial charge in [-0.2, -0.15) is 18.4 Å². The van der Waals surface area contributed by atoms with E-state index in [1.807, 2.05) is 52.0 Å². The summed E-state index contributed by atoms with van der Waals surface area (Å²) in [4.78, 5) is 66.0. The number of benzene rings is 3. The Bertz CT molecular complexity index is 2660. The lowest BCUT2D eigenvalue weighted by atomic mass is 9.85. The number of nitriles is 1. The number of amides is 4. The average molecular weight is 1030 g/mol. The first kappa shape index (κ1) is 53.8. The van der Waals surface area contributed by atoms with Gasteiger partial charge in [-0.25, -0.2) is 4.98 Å². The Morgan fingerprint density at radius 1 is 1.01 bits per heavy atom. The fourth-order valence-corrected chi connectivity index (χ4v) is 10.7. The second-order valence-corrected chi connectivity index (χ2v) is 21.3. The summed E-state index contributed by atoms with van der Waals surface area (Å²) in [6.45, 7) is 14.0. The summed E-state index contributed by atoms with van der Waals surface area (Å²) in [5.74, 6) is -0.767. The van der Waals surface area contributed by atoms with E-state index in [2.05, 4.69) is 20.5 Å². The second kappa shape index (κ2) is 22.4. The maximum Gasteiger partial charge on any atom is 0.417 e. The fraction of sp³-hybridized carbons (Fsp3) is 0.481. The molecule has 0 radical (unpaired) electrons. The lowest BCUT2D eigenvalue weighted by Gasteiger charge is -2.35. The molecule has 3 fully saturated rings. The van der Waals surface area contributed by atoms with Crippen LogP contribution < -0.4 is 25.2 Å². The number of hydrogen-bond donors (Lipinski definition) is 3. The van der Waals surface area contributed by atoms with Crippen molar-refractivity contribution in [1.29, 1.82) is 5.26 Å². The number of anilines is 2. The number of piperidine rings is 1. The Morgan fingerprint density at radius 3 is 2.32 bits per heavy atom. The standard InChI is InChI=1S/C52H61F3N8O7S2/c1-32-44(72-31-58-32)35-9-7-34(8-10-35)28-57-46(66)42-26-39(64)29-61(42)47(67)45(50(2,3)4)59-43(65)30-69-23-19-33-17-20-60(21-18-33)22-24-70-40-15-13-37(14-16-40)63-49(71)62(48(68)51(63,5)6)38-12-11-36(27-56)41(25-38)52(53,54)55/h7-16,25,31,33,39,42,45,64H,17-24,26,28-30H2,1-6H3,(H,57,66)(H,59,65)/t39-,42+,45?/m1/s1. The van der Waals surface area contributed by atoms with Gasteiger partial charge in [0, 0.05) is 38.3 Å². The van der Waals surface area contributed by atoms with Gasteiger partial charge < -0.3 is 35.0 Å². The molecule has 3 atom stereocenters. The minimum absolute atomic E-state index is 0.00557. The van der Waals surface area contributed by atoms with Crippen molar-refractivity contribution in [3.63, 3.8) is 0 Å². The van der Waals surface area contributed by atoms with Crippen molar-refractivity contribution >= 4 is 63.7 Å². The monoisotopic (exact) mass is 1030 g/mol. The van der Waals surface area contributed by atoms with E-state index >= 15 is 0 Å². The summed E-state index contributed by atoms with van der Waals surface area (Å²) < 4.78 is 53.1. The molecule has 1 unspecified atom stereocenters. The SMILES string of the molecule is Cc1ncsc1-c1ccc(CNC(=O)[C@@H]2C[C@@H](O)CN2C(=O)C(NC(=O)COCCC2CCN(CCOc3ccc(N4C(=S)N(c5ccc(C#N)c(C(F)(F)F)c5)C(=O)C4(C)C)cc3)CC2)C(C)(C)C)cc1. The molecule has 0 aliphatic carbocycles. The molecule has 0 bridgehead atoms. The molecule has 3 aliphatic rings. The van der Waals surface area contributed by atoms with E-state index in [4.69, 9.17) is 21.7 Å². The molecule has 3 saturated heterocycles. The predicted octanol–water partition coefficient (Wildman–Crippen LogP) is 7.23. The minimum atomic E-state index is -4.80. The summed E-state index contributed by atoms with van der Waals surface area (Å²) in [6, 6.07) is 17.6. The number of alkyl halides is 3. The van der Waals surface area contributed by atoms with E-state index in [9.17, 15) is 42.7 Å². The third kappa shape index (κ3) is 12.4. The van der Waals surface area contributed by atoms with Gasteiger partial charge in [-0.3, -0.25) is 29.0 Å². The van der Waals surface area contributed by atoms with Crippen LogP contribution in [0.1, 0.15) is 82.7 Å². The zero-order chi connectivity index (χ0) is 52.1. The first-order valence-corrected chi connectivity index (χ1v) is 25.2. The molecule has 3 aromatic carbocycles. The number of nitrogens with zero attached hydrogens (tertiary/aromatic N) is 6. The number of likely N-dealkylation sites (tertiary alicyclic amines) is 2. The average Bonchev–Trinajstić information content (AvgIpc) is 4.00. The lowest BCUT2D eigenvalue weighted by Crippen LogP contribution is -2.58. The molecule has 7 rings (SSSR count). The molecule has 0 saturated carbocycles. The van der Waals surface area contributed by atoms with Gasteiger partial charge in [0.2, 0.25) is 17.7 Å². The third-order valence-corrected chi connectivity index (χ3v) is 14.8. The molecular weight excluding hydrogens is 970 g/mol. The highest BCUT2D eigenvalue weighted by Crippen LogP contribution is 2.40. The maximum atomic E-state index is 14.0. The van der Waals surface area contributed by atoms with Crippen molar-refractivity contribution in [3.05, 3.63) is 94.6 Å². The molecule has 384 valence electrons. The normalized spacial score (nSPS) is 19.1. The van der Waals surface area contributed by atoms with Crippen molar-refractivity contribution in [1.82, 2.24) is 25.4 Å². The van der Waals surface area contributed by atoms with Gasteiger partial charge in [0.1, 0.15) is 36.6 Å². The Labute approximate surface area is 427 Å². The van der Waals surface area contributed by atoms with Crippen molar-refractivity contribution in [2.45, 2.75) is 104 Å². The molecule has 15 nitrogen and oxygen atoms in total. The van der Waals surface area contributed by atoms with Crippen molar-refractivity contribution in [2.75, 3.05) is 55.8 Å². The molecule has 0 spiro atoms. The van der Waals surface area contributed by atoms with E-state index in [0.29, 0.717) is 37.1 Å². The van der Waals surface area contributed by atoms with Gasteiger partial charge in [-0.05, 0) is 130 Å². The molecular formula is C52H61F3N8O7S2. The molecule has 1 aromatic heterocycles. The Hall–Kier alpha value is -5.98. The van der Waals surface area contributed by atoms with Gasteiger partial charge >= 0.3 is 6.18 Å². The molecule has 4 aromatic rings. The van der Waals surface area contributed by atoms with Gasteiger partial charge in [-0.1, -0.05) is 45.0 Å². The zero-order valence-corrected chi connectivity index (χ0v) is 42.9. The number of aliphatic hydroxyl groups is 1. The van der Waals surface area contributed by atoms with Gasteiger partial charge in [0.25, 0.3) is 5.91 Å². The molecule has 3 N–H and O–H groups in total. The van der Waals surface area contributed by atoms with Crippen LogP contribution >= 0.6 is 23.6 Å². The number of aryl methyl sites for hydroxylation is 1. The number of carbonyl (C=O) groups is 4. The highest BCUT2D eigenvalue weighted by atomic mass is 32.1. The summed E-state index contributed by atoms with van der Waals surface area (Å²) >= 11 is 7.22. The number of rotatable bonds is 17. The fourth-order valence-electron chi connectivity index (χ4n) is 9.34. The first-order chi connectivity index (χ1) is 34.1. The number of aromatic nitrogens is 1. The predicted molar refractivity (Wildman–Crippen MR) is 271 cm³/mol. The number of nitrogens with one attached hydrogen (secondary N) is 2. The van der Waals surface area contributed by atoms with E-state index in [0.717, 1.165) is 71.1 Å². The molecule has 4 heterocycles. The largest absolute Gasteiger partial charge is 0.492 e. The van der Waals surface area contributed by atoms with Crippen LogP contribution in [0.2, 0.25) is 0 Å². The Balaban J connectivity index is 0.811. The van der Waals surface area contributed by atoms with E-state index in [1.54, 1.807) is 65.9 Å². The number of ether oxygens (including phenoxy) is 2. The highest BCUT2D eigenvalue weighted by Gasteiger charge is 2.51.